The lowest BCUT2D eigenvalue weighted by Crippen LogP contribution is -1.91. The molecule has 0 radical (unpaired) electrons. The van der Waals surface area contributed by atoms with Gasteiger partial charge in [0.1, 0.15) is 0 Å². The Kier molecular flexibility index (Phi) is 2.45. The van der Waals surface area contributed by atoms with Crippen LogP contribution in [0.15, 0.2) is 12.5 Å². The molecule has 0 unspecified atom stereocenters. The van der Waals surface area contributed by atoms with Crippen LogP contribution < -0.4 is 0 Å². The SMILES string of the molecule is CCOCc1cn(C)cn1. The third-order valence-corrected chi connectivity index (χ3v) is 1.21. The van der Waals surface area contributed by atoms with E-state index in [1.807, 2.05) is 24.7 Å². The van der Waals surface area contributed by atoms with Crippen molar-refractivity contribution in [3.63, 3.8) is 0 Å². The number of aromatic nitrogens is 2. The van der Waals surface area contributed by atoms with E-state index in [9.17, 15) is 0 Å². The molecule has 0 aliphatic rings. The monoisotopic (exact) mass is 140 g/mol. The molecule has 1 aromatic heterocycles. The maximum atomic E-state index is 5.16. The lowest BCUT2D eigenvalue weighted by Gasteiger charge is -1.94. The van der Waals surface area contributed by atoms with E-state index < -0.39 is 0 Å². The molecule has 0 aliphatic heterocycles. The summed E-state index contributed by atoms with van der Waals surface area (Å²) < 4.78 is 7.07. The Morgan fingerprint density at radius 3 is 3.00 bits per heavy atom. The molecule has 0 saturated heterocycles. The first-order valence-corrected chi connectivity index (χ1v) is 3.37. The van der Waals surface area contributed by atoms with Crippen molar-refractivity contribution >= 4 is 0 Å². The van der Waals surface area contributed by atoms with Gasteiger partial charge in [0, 0.05) is 19.9 Å². The summed E-state index contributed by atoms with van der Waals surface area (Å²) in [5.41, 5.74) is 0.990. The summed E-state index contributed by atoms with van der Waals surface area (Å²) in [4.78, 5) is 4.09. The van der Waals surface area contributed by atoms with Crippen LogP contribution in [0.3, 0.4) is 0 Å². The van der Waals surface area contributed by atoms with E-state index in [-0.39, 0.29) is 0 Å². The van der Waals surface area contributed by atoms with Gasteiger partial charge in [-0.1, -0.05) is 0 Å². The summed E-state index contributed by atoms with van der Waals surface area (Å²) in [6.07, 6.45) is 3.73. The molecule has 1 aromatic rings. The van der Waals surface area contributed by atoms with Crippen molar-refractivity contribution in [3.8, 4) is 0 Å². The number of hydrogen-bond acceptors (Lipinski definition) is 2. The molecule has 0 amide bonds. The molecule has 0 aromatic carbocycles. The molecule has 3 heteroatoms. The highest BCUT2D eigenvalue weighted by molar-refractivity contribution is 4.93. The fraction of sp³-hybridized carbons (Fsp3) is 0.571. The number of aryl methyl sites for hydroxylation is 1. The zero-order valence-electron chi connectivity index (χ0n) is 6.37. The first kappa shape index (κ1) is 7.28. The molecule has 0 atom stereocenters. The summed E-state index contributed by atoms with van der Waals surface area (Å²) in [7, 11) is 1.95. The average Bonchev–Trinajstić information content (AvgIpc) is 2.31. The lowest BCUT2D eigenvalue weighted by molar-refractivity contribution is 0.131. The molecule has 0 spiro atoms. The van der Waals surface area contributed by atoms with E-state index in [1.165, 1.54) is 0 Å². The third kappa shape index (κ3) is 1.84. The highest BCUT2D eigenvalue weighted by Gasteiger charge is 1.93. The van der Waals surface area contributed by atoms with E-state index in [4.69, 9.17) is 4.74 Å². The summed E-state index contributed by atoms with van der Waals surface area (Å²) in [5.74, 6) is 0. The lowest BCUT2D eigenvalue weighted by atomic mass is 10.5. The Morgan fingerprint density at radius 2 is 2.50 bits per heavy atom. The summed E-state index contributed by atoms with van der Waals surface area (Å²) >= 11 is 0. The summed E-state index contributed by atoms with van der Waals surface area (Å²) in [6, 6.07) is 0. The highest BCUT2D eigenvalue weighted by atomic mass is 16.5. The standard InChI is InChI=1S/C7H12N2O/c1-3-10-5-7-4-9(2)6-8-7/h4,6H,3,5H2,1-2H3. The van der Waals surface area contributed by atoms with E-state index >= 15 is 0 Å². The van der Waals surface area contributed by atoms with Crippen LogP contribution in [0.2, 0.25) is 0 Å². The van der Waals surface area contributed by atoms with Crippen LogP contribution in [0.1, 0.15) is 12.6 Å². The third-order valence-electron chi connectivity index (χ3n) is 1.21. The summed E-state index contributed by atoms with van der Waals surface area (Å²) in [6.45, 7) is 3.34. The molecule has 56 valence electrons. The van der Waals surface area contributed by atoms with Gasteiger partial charge in [-0.2, -0.15) is 0 Å². The fourth-order valence-electron chi connectivity index (χ4n) is 0.748. The van der Waals surface area contributed by atoms with Crippen LogP contribution in [-0.2, 0) is 18.4 Å². The zero-order valence-corrected chi connectivity index (χ0v) is 6.37. The van der Waals surface area contributed by atoms with E-state index in [1.54, 1.807) is 6.33 Å². The first-order chi connectivity index (χ1) is 4.83. The van der Waals surface area contributed by atoms with Crippen LogP contribution in [0, 0.1) is 0 Å². The second-order valence-electron chi connectivity index (χ2n) is 2.17. The number of hydrogen-bond donors (Lipinski definition) is 0. The molecule has 0 aliphatic carbocycles. The molecule has 1 heterocycles. The quantitative estimate of drug-likeness (QED) is 0.625. The molecule has 0 fully saturated rings. The maximum Gasteiger partial charge on any atom is 0.0947 e. The molecule has 0 saturated carbocycles. The average molecular weight is 140 g/mol. The van der Waals surface area contributed by atoms with Gasteiger partial charge < -0.3 is 9.30 Å². The van der Waals surface area contributed by atoms with Gasteiger partial charge in [-0.3, -0.25) is 0 Å². The molecular weight excluding hydrogens is 128 g/mol. The predicted octanol–water partition coefficient (Wildman–Crippen LogP) is 0.957. The van der Waals surface area contributed by atoms with Crippen molar-refractivity contribution in [1.29, 1.82) is 0 Å². The number of imidazole rings is 1. The number of nitrogens with zero attached hydrogens (tertiary/aromatic N) is 2. The predicted molar refractivity (Wildman–Crippen MR) is 38.5 cm³/mol. The van der Waals surface area contributed by atoms with Crippen LogP contribution >= 0.6 is 0 Å². The van der Waals surface area contributed by atoms with Gasteiger partial charge in [-0.25, -0.2) is 4.98 Å². The van der Waals surface area contributed by atoms with Gasteiger partial charge in [0.25, 0.3) is 0 Å². The smallest absolute Gasteiger partial charge is 0.0947 e. The van der Waals surface area contributed by atoms with Crippen LogP contribution in [-0.4, -0.2) is 16.2 Å². The molecule has 3 nitrogen and oxygen atoms in total. The van der Waals surface area contributed by atoms with Crippen molar-refractivity contribution in [2.75, 3.05) is 6.61 Å². The van der Waals surface area contributed by atoms with Crippen LogP contribution in [0.4, 0.5) is 0 Å². The van der Waals surface area contributed by atoms with Crippen molar-refractivity contribution in [2.45, 2.75) is 13.5 Å². The largest absolute Gasteiger partial charge is 0.375 e. The zero-order chi connectivity index (χ0) is 7.40. The van der Waals surface area contributed by atoms with Crippen molar-refractivity contribution in [1.82, 2.24) is 9.55 Å². The fourth-order valence-corrected chi connectivity index (χ4v) is 0.748. The molecule has 0 bridgehead atoms. The normalized spacial score (nSPS) is 10.2. The molecule has 10 heavy (non-hydrogen) atoms. The second kappa shape index (κ2) is 3.37. The van der Waals surface area contributed by atoms with E-state index in [0.717, 1.165) is 12.3 Å². The topological polar surface area (TPSA) is 27.1 Å². The van der Waals surface area contributed by atoms with Gasteiger partial charge in [0.05, 0.1) is 18.6 Å². The van der Waals surface area contributed by atoms with Crippen LogP contribution in [0.5, 0.6) is 0 Å². The second-order valence-corrected chi connectivity index (χ2v) is 2.17. The minimum absolute atomic E-state index is 0.622. The Bertz CT molecular complexity index is 195. The van der Waals surface area contributed by atoms with Crippen molar-refractivity contribution < 1.29 is 4.74 Å². The van der Waals surface area contributed by atoms with Crippen LogP contribution in [0.25, 0.3) is 0 Å². The van der Waals surface area contributed by atoms with Gasteiger partial charge in [-0.15, -0.1) is 0 Å². The van der Waals surface area contributed by atoms with Gasteiger partial charge in [0.2, 0.25) is 0 Å². The maximum absolute atomic E-state index is 5.16. The van der Waals surface area contributed by atoms with Gasteiger partial charge in [0.15, 0.2) is 0 Å². The first-order valence-electron chi connectivity index (χ1n) is 3.37. The summed E-state index contributed by atoms with van der Waals surface area (Å²) in [5, 5.41) is 0. The minimum atomic E-state index is 0.622. The van der Waals surface area contributed by atoms with Gasteiger partial charge in [-0.05, 0) is 6.92 Å². The van der Waals surface area contributed by atoms with Crippen molar-refractivity contribution in [3.05, 3.63) is 18.2 Å². The highest BCUT2D eigenvalue weighted by Crippen LogP contribution is 1.95. The van der Waals surface area contributed by atoms with Gasteiger partial charge >= 0.3 is 0 Å². The van der Waals surface area contributed by atoms with E-state index in [0.29, 0.717) is 6.61 Å². The van der Waals surface area contributed by atoms with E-state index in [2.05, 4.69) is 4.98 Å². The Hall–Kier alpha value is -0.830. The molecular formula is C7H12N2O. The molecule has 1 rings (SSSR count). The number of ether oxygens (including phenoxy) is 1. The Morgan fingerprint density at radius 1 is 1.70 bits per heavy atom. The van der Waals surface area contributed by atoms with Crippen molar-refractivity contribution in [2.24, 2.45) is 7.05 Å². The Labute approximate surface area is 60.6 Å². The minimum Gasteiger partial charge on any atom is -0.375 e. The molecule has 0 N–H and O–H groups in total. The number of rotatable bonds is 3. The Balaban J connectivity index is 2.42.